The Morgan fingerprint density at radius 2 is 1.79 bits per heavy atom. The molecule has 6 nitrogen and oxygen atoms in total. The molecule has 0 saturated heterocycles. The van der Waals surface area contributed by atoms with Crippen LogP contribution in [0.15, 0.2) is 47.4 Å². The third-order valence-electron chi connectivity index (χ3n) is 5.19. The van der Waals surface area contributed by atoms with E-state index in [1.807, 2.05) is 25.1 Å². The summed E-state index contributed by atoms with van der Waals surface area (Å²) in [6, 6.07) is 12.4. The summed E-state index contributed by atoms with van der Waals surface area (Å²) in [5, 5.41) is 2.63. The number of sulfonamides is 1. The van der Waals surface area contributed by atoms with Gasteiger partial charge in [-0.1, -0.05) is 37.5 Å². The molecule has 0 radical (unpaired) electrons. The van der Waals surface area contributed by atoms with Crippen molar-refractivity contribution in [3.8, 4) is 0 Å². The quantitative estimate of drug-likeness (QED) is 0.800. The van der Waals surface area contributed by atoms with E-state index in [0.717, 1.165) is 10.00 Å². The Labute approximate surface area is 167 Å². The van der Waals surface area contributed by atoms with E-state index in [4.69, 9.17) is 0 Å². The number of pyridine rings is 1. The number of carbonyl (C=O) groups is 1. The van der Waals surface area contributed by atoms with Crippen LogP contribution < -0.4 is 5.32 Å². The summed E-state index contributed by atoms with van der Waals surface area (Å²) in [5.41, 5.74) is 1.97. The zero-order valence-electron chi connectivity index (χ0n) is 16.4. The van der Waals surface area contributed by atoms with Crippen LogP contribution >= 0.6 is 0 Å². The molecule has 1 aromatic carbocycles. The van der Waals surface area contributed by atoms with E-state index < -0.39 is 15.9 Å². The number of amides is 1. The van der Waals surface area contributed by atoms with Gasteiger partial charge in [-0.25, -0.2) is 13.4 Å². The molecule has 1 N–H and O–H groups in total. The first-order valence-electron chi connectivity index (χ1n) is 9.66. The molecule has 7 heteroatoms. The Hall–Kier alpha value is -2.25. The summed E-state index contributed by atoms with van der Waals surface area (Å²) in [6.45, 7) is 1.55. The molecule has 1 aliphatic rings. The molecule has 0 unspecified atom stereocenters. The van der Waals surface area contributed by atoms with Crippen LogP contribution in [0.4, 0.5) is 5.82 Å². The van der Waals surface area contributed by atoms with E-state index in [0.29, 0.717) is 11.7 Å². The summed E-state index contributed by atoms with van der Waals surface area (Å²) < 4.78 is 26.6. The minimum absolute atomic E-state index is 0.205. The van der Waals surface area contributed by atoms with Crippen LogP contribution in [0.2, 0.25) is 0 Å². The van der Waals surface area contributed by atoms with E-state index in [9.17, 15) is 13.2 Å². The Kier molecular flexibility index (Phi) is 6.46. The van der Waals surface area contributed by atoms with Gasteiger partial charge in [-0.15, -0.1) is 0 Å². The number of rotatable bonds is 6. The normalized spacial score (nSPS) is 15.5. The number of hydrogen-bond acceptors (Lipinski definition) is 4. The fourth-order valence-electron chi connectivity index (χ4n) is 3.61. The number of nitrogens with one attached hydrogen (secondary N) is 1. The maximum atomic E-state index is 12.8. The van der Waals surface area contributed by atoms with Gasteiger partial charge in [0.15, 0.2) is 0 Å². The molecule has 3 rings (SSSR count). The van der Waals surface area contributed by atoms with Gasteiger partial charge in [0.05, 0.1) is 11.4 Å². The van der Waals surface area contributed by atoms with Crippen LogP contribution in [0.3, 0.4) is 0 Å². The highest BCUT2D eigenvalue weighted by molar-refractivity contribution is 7.89. The number of benzene rings is 1. The summed E-state index contributed by atoms with van der Waals surface area (Å²) in [6.07, 6.45) is 6.09. The van der Waals surface area contributed by atoms with Crippen LogP contribution in [0.1, 0.15) is 49.3 Å². The average molecular weight is 402 g/mol. The van der Waals surface area contributed by atoms with Crippen molar-refractivity contribution in [3.63, 3.8) is 0 Å². The summed E-state index contributed by atoms with van der Waals surface area (Å²) in [7, 11) is -2.32. The number of likely N-dealkylation sites (N-methyl/N-ethyl adjacent to an activating group) is 1. The molecular formula is C21H27N3O3S. The minimum atomic E-state index is -3.73. The summed E-state index contributed by atoms with van der Waals surface area (Å²) >= 11 is 0. The molecule has 1 aromatic heterocycles. The molecule has 1 amide bonds. The third kappa shape index (κ3) is 4.97. The lowest BCUT2D eigenvalue weighted by Gasteiger charge is -2.22. The SMILES string of the molecule is Cc1cccc(NC(=O)CN(C)S(=O)(=O)c2ccc(C3CCCCC3)cc2)n1. The van der Waals surface area contributed by atoms with Crippen molar-refractivity contribution in [1.82, 2.24) is 9.29 Å². The first kappa shape index (κ1) is 20.5. The number of anilines is 1. The highest BCUT2D eigenvalue weighted by Gasteiger charge is 2.24. The zero-order chi connectivity index (χ0) is 20.1. The monoisotopic (exact) mass is 401 g/mol. The lowest BCUT2D eigenvalue weighted by Crippen LogP contribution is -2.35. The van der Waals surface area contributed by atoms with Crippen LogP contribution in [-0.2, 0) is 14.8 Å². The summed E-state index contributed by atoms with van der Waals surface area (Å²) in [5.74, 6) is 0.506. The van der Waals surface area contributed by atoms with E-state index >= 15 is 0 Å². The second kappa shape index (κ2) is 8.84. The highest BCUT2D eigenvalue weighted by Crippen LogP contribution is 2.33. The van der Waals surface area contributed by atoms with Crippen molar-refractivity contribution in [3.05, 3.63) is 53.7 Å². The predicted octanol–water partition coefficient (Wildman–Crippen LogP) is 3.70. The Balaban J connectivity index is 1.64. The van der Waals surface area contributed by atoms with Crippen molar-refractivity contribution < 1.29 is 13.2 Å². The molecular weight excluding hydrogens is 374 g/mol. The van der Waals surface area contributed by atoms with Crippen LogP contribution in [-0.4, -0.2) is 37.2 Å². The van der Waals surface area contributed by atoms with E-state index in [-0.39, 0.29) is 11.4 Å². The van der Waals surface area contributed by atoms with Gasteiger partial charge >= 0.3 is 0 Å². The van der Waals surface area contributed by atoms with Crippen molar-refractivity contribution in [1.29, 1.82) is 0 Å². The van der Waals surface area contributed by atoms with E-state index in [2.05, 4.69) is 10.3 Å². The van der Waals surface area contributed by atoms with Gasteiger partial charge in [-0.05, 0) is 55.5 Å². The highest BCUT2D eigenvalue weighted by atomic mass is 32.2. The number of aromatic nitrogens is 1. The van der Waals surface area contributed by atoms with Gasteiger partial charge in [0.2, 0.25) is 15.9 Å². The van der Waals surface area contributed by atoms with Gasteiger partial charge < -0.3 is 5.32 Å². The van der Waals surface area contributed by atoms with Gasteiger partial charge in [-0.2, -0.15) is 4.31 Å². The van der Waals surface area contributed by atoms with E-state index in [1.165, 1.54) is 44.7 Å². The standard InChI is InChI=1S/C21H27N3O3S/c1-16-7-6-10-20(22-16)23-21(25)15-24(2)28(26,27)19-13-11-18(12-14-19)17-8-4-3-5-9-17/h6-7,10-14,17H,3-5,8-9,15H2,1-2H3,(H,22,23,25). The molecule has 1 saturated carbocycles. The fourth-order valence-corrected chi connectivity index (χ4v) is 4.74. The van der Waals surface area contributed by atoms with Crippen molar-refractivity contribution in [2.24, 2.45) is 0 Å². The second-order valence-electron chi connectivity index (χ2n) is 7.38. The Morgan fingerprint density at radius 3 is 2.43 bits per heavy atom. The lowest BCUT2D eigenvalue weighted by molar-refractivity contribution is -0.116. The number of hydrogen-bond donors (Lipinski definition) is 1. The molecule has 1 aliphatic carbocycles. The summed E-state index contributed by atoms with van der Waals surface area (Å²) in [4.78, 5) is 16.6. The molecule has 0 aliphatic heterocycles. The molecule has 0 atom stereocenters. The number of carbonyl (C=O) groups excluding carboxylic acids is 1. The smallest absolute Gasteiger partial charge is 0.243 e. The largest absolute Gasteiger partial charge is 0.310 e. The van der Waals surface area contributed by atoms with Crippen molar-refractivity contribution >= 4 is 21.7 Å². The van der Waals surface area contributed by atoms with Crippen molar-refractivity contribution in [2.45, 2.75) is 49.8 Å². The maximum absolute atomic E-state index is 12.8. The van der Waals surface area contributed by atoms with Gasteiger partial charge in [-0.3, -0.25) is 4.79 Å². The molecule has 0 spiro atoms. The zero-order valence-corrected chi connectivity index (χ0v) is 17.2. The topological polar surface area (TPSA) is 79.4 Å². The first-order valence-corrected chi connectivity index (χ1v) is 11.1. The first-order chi connectivity index (χ1) is 13.4. The average Bonchev–Trinajstić information content (AvgIpc) is 2.68. The number of nitrogens with zero attached hydrogens (tertiary/aromatic N) is 2. The maximum Gasteiger partial charge on any atom is 0.243 e. The van der Waals surface area contributed by atoms with Gasteiger partial charge in [0, 0.05) is 12.7 Å². The Morgan fingerprint density at radius 1 is 1.11 bits per heavy atom. The molecule has 28 heavy (non-hydrogen) atoms. The second-order valence-corrected chi connectivity index (χ2v) is 9.42. The van der Waals surface area contributed by atoms with Crippen LogP contribution in [0, 0.1) is 6.92 Å². The molecule has 0 bridgehead atoms. The Bertz CT molecular complexity index is 920. The van der Waals surface area contributed by atoms with Gasteiger partial charge in [0.1, 0.15) is 5.82 Å². The minimum Gasteiger partial charge on any atom is -0.310 e. The molecule has 150 valence electrons. The third-order valence-corrected chi connectivity index (χ3v) is 7.00. The molecule has 1 fully saturated rings. The molecule has 1 heterocycles. The lowest BCUT2D eigenvalue weighted by atomic mass is 9.84. The fraction of sp³-hybridized carbons (Fsp3) is 0.429. The predicted molar refractivity (Wildman–Crippen MR) is 110 cm³/mol. The van der Waals surface area contributed by atoms with Crippen LogP contribution in [0.5, 0.6) is 0 Å². The van der Waals surface area contributed by atoms with E-state index in [1.54, 1.807) is 24.3 Å². The number of aryl methyl sites for hydroxylation is 1. The van der Waals surface area contributed by atoms with Gasteiger partial charge in [0.25, 0.3) is 0 Å². The molecule has 2 aromatic rings. The van der Waals surface area contributed by atoms with Crippen LogP contribution in [0.25, 0.3) is 0 Å². The van der Waals surface area contributed by atoms with Crippen molar-refractivity contribution in [2.75, 3.05) is 18.9 Å².